The van der Waals surface area contributed by atoms with Crippen LogP contribution in [0.5, 0.6) is 0 Å². The van der Waals surface area contributed by atoms with Crippen molar-refractivity contribution in [2.45, 2.75) is 11.3 Å². The van der Waals surface area contributed by atoms with Gasteiger partial charge < -0.3 is 5.73 Å². The molecule has 2 rings (SSSR count). The molecule has 0 spiro atoms. The molecule has 0 amide bonds. The van der Waals surface area contributed by atoms with Gasteiger partial charge in [-0.15, -0.1) is 11.3 Å². The smallest absolute Gasteiger partial charge is 0.179 e. The Morgan fingerprint density at radius 2 is 2.00 bits per heavy atom. The van der Waals surface area contributed by atoms with E-state index in [1.54, 1.807) is 5.38 Å². The van der Waals surface area contributed by atoms with Gasteiger partial charge in [0.15, 0.2) is 9.84 Å². The summed E-state index contributed by atoms with van der Waals surface area (Å²) < 4.78 is 25.0. The molecular formula is C11H13NO2S2. The maximum Gasteiger partial charge on any atom is 0.179 e. The molecule has 16 heavy (non-hydrogen) atoms. The van der Waals surface area contributed by atoms with Gasteiger partial charge in [-0.3, -0.25) is 0 Å². The van der Waals surface area contributed by atoms with E-state index in [9.17, 15) is 8.42 Å². The van der Waals surface area contributed by atoms with Crippen molar-refractivity contribution >= 4 is 31.3 Å². The van der Waals surface area contributed by atoms with Gasteiger partial charge in [0, 0.05) is 15.5 Å². The molecule has 0 atom stereocenters. The largest absolute Gasteiger partial charge is 0.330 e. The van der Waals surface area contributed by atoms with Crippen LogP contribution in [-0.2, 0) is 9.84 Å². The number of rotatable bonds is 4. The Morgan fingerprint density at radius 1 is 1.25 bits per heavy atom. The van der Waals surface area contributed by atoms with E-state index in [0.29, 0.717) is 17.9 Å². The molecule has 3 nitrogen and oxygen atoms in total. The third kappa shape index (κ3) is 2.11. The zero-order chi connectivity index (χ0) is 11.6. The summed E-state index contributed by atoms with van der Waals surface area (Å²) in [5.41, 5.74) is 5.34. The summed E-state index contributed by atoms with van der Waals surface area (Å²) >= 11 is 1.46. The zero-order valence-corrected chi connectivity index (χ0v) is 10.4. The Balaban J connectivity index is 2.47. The fourth-order valence-corrected chi connectivity index (χ4v) is 4.48. The van der Waals surface area contributed by atoms with Gasteiger partial charge in [-0.2, -0.15) is 0 Å². The summed E-state index contributed by atoms with van der Waals surface area (Å²) in [6.45, 7) is 0.404. The van der Waals surface area contributed by atoms with Crippen molar-refractivity contribution in [1.29, 1.82) is 0 Å². The van der Waals surface area contributed by atoms with Gasteiger partial charge in [0.1, 0.15) is 0 Å². The van der Waals surface area contributed by atoms with Gasteiger partial charge in [0.25, 0.3) is 0 Å². The first kappa shape index (κ1) is 11.6. The van der Waals surface area contributed by atoms with Crippen LogP contribution in [0.1, 0.15) is 6.42 Å². The fraction of sp³-hybridized carbons (Fsp3) is 0.273. The normalized spacial score (nSPS) is 12.1. The molecule has 0 fully saturated rings. The SMILES string of the molecule is NCCCS(=O)(=O)c1csc2ccccc12. The topological polar surface area (TPSA) is 60.2 Å². The zero-order valence-electron chi connectivity index (χ0n) is 8.72. The monoisotopic (exact) mass is 255 g/mol. The highest BCUT2D eigenvalue weighted by Gasteiger charge is 2.18. The Labute approximate surface area is 98.8 Å². The van der Waals surface area contributed by atoms with Crippen molar-refractivity contribution in [1.82, 2.24) is 0 Å². The van der Waals surface area contributed by atoms with E-state index >= 15 is 0 Å². The number of benzene rings is 1. The summed E-state index contributed by atoms with van der Waals surface area (Å²) in [6.07, 6.45) is 0.506. The van der Waals surface area contributed by atoms with E-state index in [1.165, 1.54) is 11.3 Å². The molecule has 0 aliphatic carbocycles. The molecule has 86 valence electrons. The second-order valence-electron chi connectivity index (χ2n) is 3.56. The molecule has 2 aromatic rings. The standard InChI is InChI=1S/C11H13NO2S2/c12-6-3-7-16(13,14)11-8-15-10-5-2-1-4-9(10)11/h1-2,4-5,8H,3,6-7,12H2. The van der Waals surface area contributed by atoms with E-state index in [2.05, 4.69) is 0 Å². The van der Waals surface area contributed by atoms with Crippen molar-refractivity contribution < 1.29 is 8.42 Å². The van der Waals surface area contributed by atoms with Gasteiger partial charge >= 0.3 is 0 Å². The van der Waals surface area contributed by atoms with Crippen LogP contribution in [-0.4, -0.2) is 20.7 Å². The lowest BCUT2D eigenvalue weighted by Crippen LogP contribution is -2.11. The maximum absolute atomic E-state index is 12.0. The van der Waals surface area contributed by atoms with Gasteiger partial charge in [-0.1, -0.05) is 18.2 Å². The van der Waals surface area contributed by atoms with Gasteiger partial charge in [-0.05, 0) is 19.0 Å². The molecule has 0 bridgehead atoms. The van der Waals surface area contributed by atoms with E-state index < -0.39 is 9.84 Å². The number of hydrogen-bond acceptors (Lipinski definition) is 4. The second kappa shape index (κ2) is 4.53. The van der Waals surface area contributed by atoms with Crippen molar-refractivity contribution in [3.8, 4) is 0 Å². The van der Waals surface area contributed by atoms with Gasteiger partial charge in [0.05, 0.1) is 10.6 Å². The molecule has 0 aliphatic rings. The fourth-order valence-electron chi connectivity index (χ4n) is 1.58. The number of nitrogens with two attached hydrogens (primary N) is 1. The number of fused-ring (bicyclic) bond motifs is 1. The van der Waals surface area contributed by atoms with Crippen molar-refractivity contribution in [3.63, 3.8) is 0 Å². The average Bonchev–Trinajstić information content (AvgIpc) is 2.71. The molecule has 1 aromatic heterocycles. The molecule has 5 heteroatoms. The first-order valence-corrected chi connectivity index (χ1v) is 7.57. The molecule has 0 saturated heterocycles. The summed E-state index contributed by atoms with van der Waals surface area (Å²) in [5.74, 6) is 0.129. The highest BCUT2D eigenvalue weighted by molar-refractivity contribution is 7.91. The van der Waals surface area contributed by atoms with E-state index in [1.807, 2.05) is 24.3 Å². The van der Waals surface area contributed by atoms with Crippen LogP contribution in [0, 0.1) is 0 Å². The number of hydrogen-bond donors (Lipinski definition) is 1. The van der Waals surface area contributed by atoms with Crippen LogP contribution >= 0.6 is 11.3 Å². The van der Waals surface area contributed by atoms with E-state index in [4.69, 9.17) is 5.73 Å². The Bertz CT molecular complexity index is 587. The molecule has 0 aliphatic heterocycles. The van der Waals surface area contributed by atoms with Crippen molar-refractivity contribution in [2.24, 2.45) is 5.73 Å². The molecule has 1 heterocycles. The van der Waals surface area contributed by atoms with Crippen LogP contribution in [0.15, 0.2) is 34.5 Å². The molecule has 2 N–H and O–H groups in total. The van der Waals surface area contributed by atoms with Crippen LogP contribution < -0.4 is 5.73 Å². The summed E-state index contributed by atoms with van der Waals surface area (Å²) in [6, 6.07) is 7.55. The minimum absolute atomic E-state index is 0.129. The average molecular weight is 255 g/mol. The summed E-state index contributed by atoms with van der Waals surface area (Å²) in [4.78, 5) is 0.446. The van der Waals surface area contributed by atoms with Crippen LogP contribution in [0.25, 0.3) is 10.1 Å². The van der Waals surface area contributed by atoms with Crippen LogP contribution in [0.3, 0.4) is 0 Å². The quantitative estimate of drug-likeness (QED) is 0.909. The first-order chi connectivity index (χ1) is 7.65. The minimum atomic E-state index is -3.18. The maximum atomic E-state index is 12.0. The third-order valence-electron chi connectivity index (χ3n) is 2.40. The summed E-state index contributed by atoms with van der Waals surface area (Å²) in [7, 11) is -3.18. The summed E-state index contributed by atoms with van der Waals surface area (Å²) in [5, 5.41) is 2.54. The lowest BCUT2D eigenvalue weighted by molar-refractivity contribution is 0.594. The predicted octanol–water partition coefficient (Wildman–Crippen LogP) is 2.02. The molecular weight excluding hydrogens is 242 g/mol. The van der Waals surface area contributed by atoms with Crippen LogP contribution in [0.2, 0.25) is 0 Å². The van der Waals surface area contributed by atoms with Crippen molar-refractivity contribution in [3.05, 3.63) is 29.6 Å². The Hall–Kier alpha value is -0.910. The minimum Gasteiger partial charge on any atom is -0.330 e. The highest BCUT2D eigenvalue weighted by Crippen LogP contribution is 2.29. The lowest BCUT2D eigenvalue weighted by atomic mass is 10.3. The van der Waals surface area contributed by atoms with E-state index in [-0.39, 0.29) is 5.75 Å². The third-order valence-corrected chi connectivity index (χ3v) is 5.34. The highest BCUT2D eigenvalue weighted by atomic mass is 32.2. The Morgan fingerprint density at radius 3 is 2.75 bits per heavy atom. The van der Waals surface area contributed by atoms with Crippen molar-refractivity contribution in [2.75, 3.05) is 12.3 Å². The molecule has 0 unspecified atom stereocenters. The van der Waals surface area contributed by atoms with Gasteiger partial charge in [0.2, 0.25) is 0 Å². The van der Waals surface area contributed by atoms with E-state index in [0.717, 1.165) is 10.1 Å². The predicted molar refractivity (Wildman–Crippen MR) is 67.5 cm³/mol. The van der Waals surface area contributed by atoms with Crippen LogP contribution in [0.4, 0.5) is 0 Å². The molecule has 0 saturated carbocycles. The molecule has 0 radical (unpaired) electrons. The second-order valence-corrected chi connectivity index (χ2v) is 6.55. The Kier molecular flexibility index (Phi) is 3.28. The lowest BCUT2D eigenvalue weighted by Gasteiger charge is -2.01. The number of sulfone groups is 1. The number of thiophene rings is 1. The first-order valence-electron chi connectivity index (χ1n) is 5.04. The molecule has 1 aromatic carbocycles. The van der Waals surface area contributed by atoms with Gasteiger partial charge in [-0.25, -0.2) is 8.42 Å².